The zero-order valence-corrected chi connectivity index (χ0v) is 14.3. The Morgan fingerprint density at radius 1 is 1.26 bits per heavy atom. The van der Waals surface area contributed by atoms with E-state index in [0.29, 0.717) is 12.4 Å². The number of hydrogen-bond acceptors (Lipinski definition) is 4. The van der Waals surface area contributed by atoms with Crippen LogP contribution >= 0.6 is 12.4 Å². The molecule has 1 fully saturated rings. The first-order chi connectivity index (χ1) is 10.8. The van der Waals surface area contributed by atoms with Crippen LogP contribution in [0.4, 0.5) is 0 Å². The molecular formula is C17H25ClN2O3. The highest BCUT2D eigenvalue weighted by molar-refractivity contribution is 5.85. The number of likely N-dealkylation sites (tertiary alicyclic amines) is 1. The number of carbonyl (C=O) groups is 1. The van der Waals surface area contributed by atoms with Gasteiger partial charge in [0.2, 0.25) is 6.10 Å². The van der Waals surface area contributed by atoms with E-state index in [2.05, 4.69) is 5.32 Å². The molecule has 23 heavy (non-hydrogen) atoms. The molecule has 2 heterocycles. The highest BCUT2D eigenvalue weighted by atomic mass is 35.5. The average molecular weight is 341 g/mol. The standard InChI is InChI=1S/C17H24N2O3.ClH/c1-18-9-6-13-7-10-19(11-8-13)17(20)16-12-21-14-4-2-3-5-15(14)22-16;/h2-5,13,16,18H,6-12H2,1H3;1H. The van der Waals surface area contributed by atoms with E-state index in [9.17, 15) is 4.79 Å². The number of carbonyl (C=O) groups excluding carboxylic acids is 1. The minimum atomic E-state index is -0.510. The summed E-state index contributed by atoms with van der Waals surface area (Å²) in [6, 6.07) is 7.50. The minimum absolute atomic E-state index is 0. The first kappa shape index (κ1) is 17.9. The van der Waals surface area contributed by atoms with Crippen molar-refractivity contribution in [2.24, 2.45) is 5.92 Å². The Labute approximate surface area is 143 Å². The maximum absolute atomic E-state index is 12.6. The molecule has 3 rings (SSSR count). The number of piperidine rings is 1. The van der Waals surface area contributed by atoms with E-state index in [-0.39, 0.29) is 18.3 Å². The fourth-order valence-corrected chi connectivity index (χ4v) is 3.14. The second-order valence-electron chi connectivity index (χ2n) is 6.03. The number of amides is 1. The maximum Gasteiger partial charge on any atom is 0.267 e. The van der Waals surface area contributed by atoms with E-state index in [1.54, 1.807) is 0 Å². The summed E-state index contributed by atoms with van der Waals surface area (Å²) in [7, 11) is 1.98. The number of ether oxygens (including phenoxy) is 2. The third kappa shape index (κ3) is 4.30. The van der Waals surface area contributed by atoms with Gasteiger partial charge in [0.05, 0.1) is 0 Å². The zero-order chi connectivity index (χ0) is 15.4. The summed E-state index contributed by atoms with van der Waals surface area (Å²) >= 11 is 0. The van der Waals surface area contributed by atoms with Crippen molar-refractivity contribution in [2.45, 2.75) is 25.4 Å². The molecule has 0 aliphatic carbocycles. The van der Waals surface area contributed by atoms with Gasteiger partial charge in [0.1, 0.15) is 6.61 Å². The van der Waals surface area contributed by atoms with Gasteiger partial charge in [-0.25, -0.2) is 0 Å². The van der Waals surface area contributed by atoms with Gasteiger partial charge in [0.15, 0.2) is 11.5 Å². The Morgan fingerprint density at radius 3 is 2.65 bits per heavy atom. The predicted octanol–water partition coefficient (Wildman–Crippen LogP) is 2.10. The first-order valence-electron chi connectivity index (χ1n) is 8.10. The van der Waals surface area contributed by atoms with Crippen molar-refractivity contribution < 1.29 is 14.3 Å². The molecule has 2 aliphatic heterocycles. The van der Waals surface area contributed by atoms with E-state index in [1.165, 1.54) is 6.42 Å². The van der Waals surface area contributed by atoms with Crippen molar-refractivity contribution in [3.8, 4) is 11.5 Å². The fourth-order valence-electron chi connectivity index (χ4n) is 3.14. The molecule has 1 aromatic carbocycles. The van der Waals surface area contributed by atoms with E-state index >= 15 is 0 Å². The monoisotopic (exact) mass is 340 g/mol. The summed E-state index contributed by atoms with van der Waals surface area (Å²) in [5.41, 5.74) is 0. The lowest BCUT2D eigenvalue weighted by Crippen LogP contribution is -2.49. The second kappa shape index (κ2) is 8.41. The van der Waals surface area contributed by atoms with Gasteiger partial charge in [-0.2, -0.15) is 0 Å². The molecule has 2 aliphatic rings. The average Bonchev–Trinajstić information content (AvgIpc) is 2.59. The first-order valence-corrected chi connectivity index (χ1v) is 8.10. The SMILES string of the molecule is CNCCC1CCN(C(=O)C2COc3ccccc3O2)CC1.Cl. The van der Waals surface area contributed by atoms with Gasteiger partial charge in [-0.1, -0.05) is 12.1 Å². The molecule has 0 bridgehead atoms. The molecule has 5 nitrogen and oxygen atoms in total. The van der Waals surface area contributed by atoms with Gasteiger partial charge in [-0.3, -0.25) is 4.79 Å². The number of nitrogens with one attached hydrogen (secondary N) is 1. The Hall–Kier alpha value is -1.46. The number of nitrogens with zero attached hydrogens (tertiary/aromatic N) is 1. The Bertz CT molecular complexity index is 518. The Kier molecular flexibility index (Phi) is 6.54. The molecule has 1 aromatic rings. The van der Waals surface area contributed by atoms with E-state index in [0.717, 1.165) is 44.1 Å². The quantitative estimate of drug-likeness (QED) is 0.912. The van der Waals surface area contributed by atoms with Gasteiger partial charge in [0, 0.05) is 13.1 Å². The lowest BCUT2D eigenvalue weighted by molar-refractivity contribution is -0.142. The molecular weight excluding hydrogens is 316 g/mol. The highest BCUT2D eigenvalue weighted by Crippen LogP contribution is 2.31. The summed E-state index contributed by atoms with van der Waals surface area (Å²) < 4.78 is 11.5. The van der Waals surface area contributed by atoms with Crippen LogP contribution in [0.1, 0.15) is 19.3 Å². The fraction of sp³-hybridized carbons (Fsp3) is 0.588. The number of rotatable bonds is 4. The van der Waals surface area contributed by atoms with Crippen molar-refractivity contribution in [2.75, 3.05) is 33.3 Å². The molecule has 1 unspecified atom stereocenters. The van der Waals surface area contributed by atoms with Gasteiger partial charge < -0.3 is 19.7 Å². The van der Waals surface area contributed by atoms with Crippen molar-refractivity contribution in [1.82, 2.24) is 10.2 Å². The highest BCUT2D eigenvalue weighted by Gasteiger charge is 2.32. The summed E-state index contributed by atoms with van der Waals surface area (Å²) in [6.07, 6.45) is 2.84. The molecule has 1 saturated heterocycles. The smallest absolute Gasteiger partial charge is 0.267 e. The lowest BCUT2D eigenvalue weighted by atomic mass is 9.93. The van der Waals surface area contributed by atoms with Crippen LogP contribution in [0.2, 0.25) is 0 Å². The van der Waals surface area contributed by atoms with Crippen LogP contribution in [-0.4, -0.2) is 50.2 Å². The van der Waals surface area contributed by atoms with Gasteiger partial charge in [-0.05, 0) is 50.9 Å². The lowest BCUT2D eigenvalue weighted by Gasteiger charge is -2.35. The van der Waals surface area contributed by atoms with Crippen LogP contribution in [-0.2, 0) is 4.79 Å². The van der Waals surface area contributed by atoms with Crippen molar-refractivity contribution >= 4 is 18.3 Å². The third-order valence-electron chi connectivity index (χ3n) is 4.51. The molecule has 0 saturated carbocycles. The van der Waals surface area contributed by atoms with Crippen molar-refractivity contribution in [1.29, 1.82) is 0 Å². The maximum atomic E-state index is 12.6. The second-order valence-corrected chi connectivity index (χ2v) is 6.03. The Morgan fingerprint density at radius 2 is 1.96 bits per heavy atom. The number of para-hydroxylation sites is 2. The van der Waals surface area contributed by atoms with Crippen LogP contribution in [0.3, 0.4) is 0 Å². The number of benzene rings is 1. The van der Waals surface area contributed by atoms with Crippen molar-refractivity contribution in [3.63, 3.8) is 0 Å². The minimum Gasteiger partial charge on any atom is -0.485 e. The van der Waals surface area contributed by atoms with Crippen LogP contribution in [0.15, 0.2) is 24.3 Å². The van der Waals surface area contributed by atoms with Crippen LogP contribution < -0.4 is 14.8 Å². The summed E-state index contributed by atoms with van der Waals surface area (Å²) in [5, 5.41) is 3.19. The van der Waals surface area contributed by atoms with Crippen LogP contribution in [0.25, 0.3) is 0 Å². The number of fused-ring (bicyclic) bond motifs is 1. The van der Waals surface area contributed by atoms with Crippen molar-refractivity contribution in [3.05, 3.63) is 24.3 Å². The molecule has 6 heteroatoms. The summed E-state index contributed by atoms with van der Waals surface area (Å²) in [4.78, 5) is 14.5. The van der Waals surface area contributed by atoms with Gasteiger partial charge in [0.25, 0.3) is 5.91 Å². The predicted molar refractivity (Wildman–Crippen MR) is 91.4 cm³/mol. The number of halogens is 1. The number of hydrogen-bond donors (Lipinski definition) is 1. The van der Waals surface area contributed by atoms with Crippen LogP contribution in [0, 0.1) is 5.92 Å². The largest absolute Gasteiger partial charge is 0.485 e. The molecule has 0 spiro atoms. The molecule has 1 N–H and O–H groups in total. The zero-order valence-electron chi connectivity index (χ0n) is 13.5. The summed E-state index contributed by atoms with van der Waals surface area (Å²) in [6.45, 7) is 3.01. The summed E-state index contributed by atoms with van der Waals surface area (Å²) in [5.74, 6) is 2.16. The molecule has 1 atom stereocenters. The topological polar surface area (TPSA) is 50.8 Å². The van der Waals surface area contributed by atoms with Gasteiger partial charge >= 0.3 is 0 Å². The molecule has 128 valence electrons. The third-order valence-corrected chi connectivity index (χ3v) is 4.51. The van der Waals surface area contributed by atoms with E-state index < -0.39 is 6.10 Å². The van der Waals surface area contributed by atoms with Crippen LogP contribution in [0.5, 0.6) is 11.5 Å². The van der Waals surface area contributed by atoms with E-state index in [1.807, 2.05) is 36.2 Å². The Balaban J connectivity index is 0.00000192. The normalized spacial score (nSPS) is 20.7. The van der Waals surface area contributed by atoms with E-state index in [4.69, 9.17) is 9.47 Å². The molecule has 1 amide bonds. The molecule has 0 radical (unpaired) electrons. The molecule has 0 aromatic heterocycles. The van der Waals surface area contributed by atoms with Gasteiger partial charge in [-0.15, -0.1) is 12.4 Å².